The van der Waals surface area contributed by atoms with Crippen LogP contribution in [0.4, 0.5) is 13.2 Å². The molecule has 0 saturated heterocycles. The normalized spacial score (nSPS) is 10.4. The fourth-order valence-electron chi connectivity index (χ4n) is 1.40. The summed E-state index contributed by atoms with van der Waals surface area (Å²) >= 11 is 0. The van der Waals surface area contributed by atoms with E-state index in [9.17, 15) is 13.2 Å². The number of nitrogens with zero attached hydrogens (tertiary/aromatic N) is 1. The van der Waals surface area contributed by atoms with E-state index in [0.717, 1.165) is 6.07 Å². The summed E-state index contributed by atoms with van der Waals surface area (Å²) in [6.07, 6.45) is 1.40. The van der Waals surface area contributed by atoms with Crippen LogP contribution in [-0.4, -0.2) is 12.1 Å². The first kappa shape index (κ1) is 11.4. The van der Waals surface area contributed by atoms with Gasteiger partial charge in [-0.05, 0) is 12.1 Å². The summed E-state index contributed by atoms with van der Waals surface area (Å²) in [6.45, 7) is 0. The molecule has 0 aliphatic carbocycles. The summed E-state index contributed by atoms with van der Waals surface area (Å²) in [7, 11) is 1.45. The summed E-state index contributed by atoms with van der Waals surface area (Å²) in [5, 5.41) is 0. The second-order valence-electron chi connectivity index (χ2n) is 3.33. The van der Waals surface area contributed by atoms with Crippen LogP contribution in [0.2, 0.25) is 0 Å². The van der Waals surface area contributed by atoms with Crippen molar-refractivity contribution in [3.05, 3.63) is 47.9 Å². The molecule has 2 nitrogen and oxygen atoms in total. The van der Waals surface area contributed by atoms with Crippen LogP contribution in [0.15, 0.2) is 30.5 Å². The molecule has 0 aliphatic rings. The van der Waals surface area contributed by atoms with Gasteiger partial charge in [0.25, 0.3) is 0 Å². The number of halogens is 3. The lowest BCUT2D eigenvalue weighted by molar-refractivity contribution is 0.414. The summed E-state index contributed by atoms with van der Waals surface area (Å²) in [5.74, 6) is -2.76. The van der Waals surface area contributed by atoms with Gasteiger partial charge in [-0.2, -0.15) is 0 Å². The van der Waals surface area contributed by atoms with Gasteiger partial charge in [0.05, 0.1) is 12.8 Å². The monoisotopic (exact) mass is 239 g/mol. The van der Waals surface area contributed by atoms with Crippen molar-refractivity contribution in [2.45, 2.75) is 0 Å². The van der Waals surface area contributed by atoms with Crippen molar-refractivity contribution in [3.63, 3.8) is 0 Å². The average Bonchev–Trinajstić information content (AvgIpc) is 2.34. The SMILES string of the molecule is COc1ccnc(-c2cc(F)c(F)cc2F)c1. The van der Waals surface area contributed by atoms with E-state index in [2.05, 4.69) is 4.98 Å². The lowest BCUT2D eigenvalue weighted by Gasteiger charge is -2.05. The zero-order chi connectivity index (χ0) is 12.4. The third-order valence-electron chi connectivity index (χ3n) is 2.25. The molecule has 0 N–H and O–H groups in total. The van der Waals surface area contributed by atoms with E-state index < -0.39 is 17.5 Å². The summed E-state index contributed by atoms with van der Waals surface area (Å²) in [6, 6.07) is 4.27. The molecule has 17 heavy (non-hydrogen) atoms. The Hall–Kier alpha value is -2.04. The molecule has 0 fully saturated rings. The predicted molar refractivity (Wildman–Crippen MR) is 56.1 cm³/mol. The molecular weight excluding hydrogens is 231 g/mol. The Morgan fingerprint density at radius 2 is 1.71 bits per heavy atom. The zero-order valence-electron chi connectivity index (χ0n) is 8.88. The maximum absolute atomic E-state index is 13.5. The van der Waals surface area contributed by atoms with E-state index in [1.165, 1.54) is 19.4 Å². The topological polar surface area (TPSA) is 22.1 Å². The van der Waals surface area contributed by atoms with E-state index in [4.69, 9.17) is 4.74 Å². The number of methoxy groups -OCH3 is 1. The van der Waals surface area contributed by atoms with Gasteiger partial charge < -0.3 is 4.74 Å². The van der Waals surface area contributed by atoms with Crippen LogP contribution in [0.25, 0.3) is 11.3 Å². The van der Waals surface area contributed by atoms with E-state index in [-0.39, 0.29) is 11.3 Å². The minimum Gasteiger partial charge on any atom is -0.497 e. The van der Waals surface area contributed by atoms with Gasteiger partial charge in [0, 0.05) is 23.9 Å². The Labute approximate surface area is 95.7 Å². The minimum atomic E-state index is -1.23. The molecule has 88 valence electrons. The highest BCUT2D eigenvalue weighted by Gasteiger charge is 2.12. The fraction of sp³-hybridized carbons (Fsp3) is 0.0833. The molecule has 1 aromatic heterocycles. The quantitative estimate of drug-likeness (QED) is 0.751. The summed E-state index contributed by atoms with van der Waals surface area (Å²) in [4.78, 5) is 3.88. The highest BCUT2D eigenvalue weighted by molar-refractivity contribution is 5.61. The second kappa shape index (κ2) is 4.45. The Balaban J connectivity index is 2.56. The molecule has 0 saturated carbocycles. The lowest BCUT2D eigenvalue weighted by Crippen LogP contribution is -1.94. The van der Waals surface area contributed by atoms with E-state index in [0.29, 0.717) is 11.8 Å². The maximum atomic E-state index is 13.5. The van der Waals surface area contributed by atoms with Gasteiger partial charge in [-0.25, -0.2) is 13.2 Å². The van der Waals surface area contributed by atoms with Crippen molar-refractivity contribution in [2.24, 2.45) is 0 Å². The van der Waals surface area contributed by atoms with Crippen molar-refractivity contribution >= 4 is 0 Å². The number of aromatic nitrogens is 1. The molecule has 5 heteroatoms. The average molecular weight is 239 g/mol. The molecule has 0 spiro atoms. The molecule has 0 aliphatic heterocycles. The summed E-state index contributed by atoms with van der Waals surface area (Å²) < 4.78 is 44.2. The van der Waals surface area contributed by atoms with Gasteiger partial charge in [0.2, 0.25) is 0 Å². The van der Waals surface area contributed by atoms with Gasteiger partial charge in [0.1, 0.15) is 11.6 Å². The van der Waals surface area contributed by atoms with Gasteiger partial charge in [-0.3, -0.25) is 4.98 Å². The van der Waals surface area contributed by atoms with Crippen LogP contribution in [0.3, 0.4) is 0 Å². The molecule has 0 atom stereocenters. The van der Waals surface area contributed by atoms with Crippen molar-refractivity contribution in [2.75, 3.05) is 7.11 Å². The zero-order valence-corrected chi connectivity index (χ0v) is 8.88. The number of pyridine rings is 1. The first-order valence-corrected chi connectivity index (χ1v) is 4.77. The van der Waals surface area contributed by atoms with Crippen LogP contribution in [0.5, 0.6) is 5.75 Å². The standard InChI is InChI=1S/C12H8F3NO/c1-17-7-2-3-16-12(4-7)8-5-10(14)11(15)6-9(8)13/h2-6H,1H3. The van der Waals surface area contributed by atoms with E-state index in [1.807, 2.05) is 0 Å². The predicted octanol–water partition coefficient (Wildman–Crippen LogP) is 3.17. The largest absolute Gasteiger partial charge is 0.497 e. The Morgan fingerprint density at radius 3 is 2.41 bits per heavy atom. The molecular formula is C12H8F3NO. The van der Waals surface area contributed by atoms with E-state index >= 15 is 0 Å². The van der Waals surface area contributed by atoms with Gasteiger partial charge in [-0.15, -0.1) is 0 Å². The van der Waals surface area contributed by atoms with E-state index in [1.54, 1.807) is 6.07 Å². The maximum Gasteiger partial charge on any atom is 0.161 e. The number of hydrogen-bond acceptors (Lipinski definition) is 2. The number of benzene rings is 1. The Bertz CT molecular complexity index is 557. The van der Waals surface area contributed by atoms with Crippen LogP contribution >= 0.6 is 0 Å². The first-order chi connectivity index (χ1) is 8.11. The van der Waals surface area contributed by atoms with Crippen LogP contribution in [0.1, 0.15) is 0 Å². The molecule has 0 bridgehead atoms. The molecule has 2 rings (SSSR count). The van der Waals surface area contributed by atoms with Gasteiger partial charge in [0.15, 0.2) is 11.6 Å². The van der Waals surface area contributed by atoms with Crippen molar-refractivity contribution in [1.82, 2.24) is 4.98 Å². The van der Waals surface area contributed by atoms with Crippen LogP contribution < -0.4 is 4.74 Å². The third kappa shape index (κ3) is 2.22. The van der Waals surface area contributed by atoms with Crippen LogP contribution in [0, 0.1) is 17.5 Å². The first-order valence-electron chi connectivity index (χ1n) is 4.77. The Morgan fingerprint density at radius 1 is 1.00 bits per heavy atom. The van der Waals surface area contributed by atoms with Crippen LogP contribution in [-0.2, 0) is 0 Å². The third-order valence-corrected chi connectivity index (χ3v) is 2.25. The van der Waals surface area contributed by atoms with Crippen molar-refractivity contribution in [3.8, 4) is 17.0 Å². The van der Waals surface area contributed by atoms with Crippen molar-refractivity contribution in [1.29, 1.82) is 0 Å². The van der Waals surface area contributed by atoms with Gasteiger partial charge >= 0.3 is 0 Å². The smallest absolute Gasteiger partial charge is 0.161 e. The molecule has 0 amide bonds. The summed E-state index contributed by atoms with van der Waals surface area (Å²) in [5.41, 5.74) is 0.0727. The lowest BCUT2D eigenvalue weighted by atomic mass is 10.1. The molecule has 2 aromatic rings. The molecule has 1 aromatic carbocycles. The number of ether oxygens (including phenoxy) is 1. The Kier molecular flexibility index (Phi) is 2.99. The molecule has 1 heterocycles. The molecule has 0 unspecified atom stereocenters. The van der Waals surface area contributed by atoms with Crippen molar-refractivity contribution < 1.29 is 17.9 Å². The fourth-order valence-corrected chi connectivity index (χ4v) is 1.40. The molecule has 0 radical (unpaired) electrons. The second-order valence-corrected chi connectivity index (χ2v) is 3.33. The number of hydrogen-bond donors (Lipinski definition) is 0. The minimum absolute atomic E-state index is 0.109. The highest BCUT2D eigenvalue weighted by Crippen LogP contribution is 2.25. The highest BCUT2D eigenvalue weighted by atomic mass is 19.2. The number of rotatable bonds is 2. The van der Waals surface area contributed by atoms with Gasteiger partial charge in [-0.1, -0.05) is 0 Å².